The number of hydrogen-bond donors (Lipinski definition) is 1. The van der Waals surface area contributed by atoms with Gasteiger partial charge in [0.2, 0.25) is 0 Å². The minimum atomic E-state index is -0.180. The summed E-state index contributed by atoms with van der Waals surface area (Å²) in [7, 11) is 0. The standard InChI is InChI=1S/C26H30O5/c1-4-23(28)21-12-19(24(29)14-18-10-15(18)2)13-22-25(16(3)31-26(21)22)17-6-5-7-20(11-17)30-9-8-27/h5-7,11-13,15-16,18,25,27H,4,8-10,14H2,1-3H3/t15-,16+,18+,25-/m0/s1. The second-order valence-corrected chi connectivity index (χ2v) is 8.76. The molecule has 0 saturated heterocycles. The summed E-state index contributed by atoms with van der Waals surface area (Å²) >= 11 is 0. The van der Waals surface area contributed by atoms with Gasteiger partial charge in [-0.15, -0.1) is 0 Å². The van der Waals surface area contributed by atoms with Crippen molar-refractivity contribution in [3.8, 4) is 11.5 Å². The Bertz CT molecular complexity index is 995. The maximum absolute atomic E-state index is 13.0. The van der Waals surface area contributed by atoms with Gasteiger partial charge in [0, 0.05) is 29.9 Å². The molecule has 164 valence electrons. The molecule has 0 radical (unpaired) electrons. The zero-order valence-electron chi connectivity index (χ0n) is 18.4. The third kappa shape index (κ3) is 4.38. The fourth-order valence-corrected chi connectivity index (χ4v) is 4.53. The highest BCUT2D eigenvalue weighted by Crippen LogP contribution is 2.46. The van der Waals surface area contributed by atoms with Crippen molar-refractivity contribution in [2.75, 3.05) is 13.2 Å². The Morgan fingerprint density at radius 1 is 1.16 bits per heavy atom. The zero-order valence-corrected chi connectivity index (χ0v) is 18.4. The van der Waals surface area contributed by atoms with E-state index < -0.39 is 0 Å². The van der Waals surface area contributed by atoms with Crippen LogP contribution in [0, 0.1) is 11.8 Å². The molecule has 1 aliphatic heterocycles. The summed E-state index contributed by atoms with van der Waals surface area (Å²) in [6.45, 7) is 6.16. The Labute approximate surface area is 183 Å². The number of rotatable bonds is 9. The van der Waals surface area contributed by atoms with E-state index in [4.69, 9.17) is 14.6 Å². The highest BCUT2D eigenvalue weighted by atomic mass is 16.5. The maximum Gasteiger partial charge on any atom is 0.166 e. The normalized spacial score (nSPS) is 23.7. The van der Waals surface area contributed by atoms with Crippen LogP contribution in [0.25, 0.3) is 0 Å². The summed E-state index contributed by atoms with van der Waals surface area (Å²) in [5.74, 6) is 2.31. The van der Waals surface area contributed by atoms with Crippen LogP contribution in [0.2, 0.25) is 0 Å². The number of Topliss-reactive ketones (excluding diaryl/α,β-unsaturated/α-hetero) is 2. The predicted octanol–water partition coefficient (Wildman–Crippen LogP) is 4.79. The van der Waals surface area contributed by atoms with Crippen LogP contribution in [-0.2, 0) is 0 Å². The monoisotopic (exact) mass is 422 g/mol. The Morgan fingerprint density at radius 3 is 2.61 bits per heavy atom. The lowest BCUT2D eigenvalue weighted by molar-refractivity contribution is 0.0974. The van der Waals surface area contributed by atoms with E-state index in [1.165, 1.54) is 0 Å². The number of carbonyl (C=O) groups is 2. The van der Waals surface area contributed by atoms with Crippen LogP contribution in [0.3, 0.4) is 0 Å². The number of aliphatic hydroxyl groups is 1. The lowest BCUT2D eigenvalue weighted by Gasteiger charge is -2.17. The second kappa shape index (κ2) is 8.83. The highest BCUT2D eigenvalue weighted by molar-refractivity contribution is 6.04. The Kier molecular flexibility index (Phi) is 6.15. The third-order valence-electron chi connectivity index (χ3n) is 6.47. The lowest BCUT2D eigenvalue weighted by Crippen LogP contribution is -2.15. The summed E-state index contributed by atoms with van der Waals surface area (Å²) in [6, 6.07) is 11.4. The number of benzene rings is 2. The summed E-state index contributed by atoms with van der Waals surface area (Å²) in [5, 5.41) is 9.04. The van der Waals surface area contributed by atoms with E-state index in [0.29, 0.717) is 47.3 Å². The summed E-state index contributed by atoms with van der Waals surface area (Å²) in [6.07, 6.45) is 1.81. The van der Waals surface area contributed by atoms with Gasteiger partial charge in [-0.1, -0.05) is 26.0 Å². The smallest absolute Gasteiger partial charge is 0.166 e. The summed E-state index contributed by atoms with van der Waals surface area (Å²) in [4.78, 5) is 25.7. The molecule has 0 unspecified atom stereocenters. The van der Waals surface area contributed by atoms with Crippen molar-refractivity contribution in [1.82, 2.24) is 0 Å². The number of carbonyl (C=O) groups excluding carboxylic acids is 2. The number of hydrogen-bond acceptors (Lipinski definition) is 5. The van der Waals surface area contributed by atoms with Gasteiger partial charge < -0.3 is 14.6 Å². The molecule has 0 aromatic heterocycles. The van der Waals surface area contributed by atoms with E-state index in [-0.39, 0.29) is 36.8 Å². The molecule has 1 aliphatic carbocycles. The molecule has 1 N–H and O–H groups in total. The van der Waals surface area contributed by atoms with Crippen LogP contribution >= 0.6 is 0 Å². The first-order valence-corrected chi connectivity index (χ1v) is 11.2. The molecule has 0 spiro atoms. The van der Waals surface area contributed by atoms with Gasteiger partial charge in [-0.05, 0) is 55.0 Å². The SMILES string of the molecule is CCC(=O)c1cc(C(=O)C[C@H]2C[C@@H]2C)cc2c1O[C@H](C)[C@H]2c1cccc(OCCO)c1. The Morgan fingerprint density at radius 2 is 1.94 bits per heavy atom. The van der Waals surface area contributed by atoms with Crippen LogP contribution in [-0.4, -0.2) is 36.0 Å². The van der Waals surface area contributed by atoms with Crippen molar-refractivity contribution in [2.45, 2.75) is 52.1 Å². The van der Waals surface area contributed by atoms with Crippen molar-refractivity contribution < 1.29 is 24.2 Å². The Balaban J connectivity index is 1.74. The number of ketones is 2. The van der Waals surface area contributed by atoms with Gasteiger partial charge in [-0.2, -0.15) is 0 Å². The molecule has 5 heteroatoms. The Hall–Kier alpha value is -2.66. The fraction of sp³-hybridized carbons (Fsp3) is 0.462. The fourth-order valence-electron chi connectivity index (χ4n) is 4.53. The van der Waals surface area contributed by atoms with Crippen molar-refractivity contribution >= 4 is 11.6 Å². The molecule has 2 aliphatic rings. The number of aliphatic hydroxyl groups excluding tert-OH is 1. The van der Waals surface area contributed by atoms with E-state index in [0.717, 1.165) is 17.5 Å². The average Bonchev–Trinajstić information content (AvgIpc) is 3.35. The average molecular weight is 423 g/mol. The van der Waals surface area contributed by atoms with Crippen LogP contribution in [0.15, 0.2) is 36.4 Å². The van der Waals surface area contributed by atoms with Crippen LogP contribution in [0.4, 0.5) is 0 Å². The molecule has 0 amide bonds. The molecule has 31 heavy (non-hydrogen) atoms. The quantitative estimate of drug-likeness (QED) is 0.588. The molecule has 2 aromatic rings. The van der Waals surface area contributed by atoms with Gasteiger partial charge in [0.15, 0.2) is 11.6 Å². The van der Waals surface area contributed by atoms with Crippen LogP contribution in [0.5, 0.6) is 11.5 Å². The van der Waals surface area contributed by atoms with Gasteiger partial charge in [-0.25, -0.2) is 0 Å². The minimum Gasteiger partial charge on any atom is -0.491 e. The van der Waals surface area contributed by atoms with Crippen molar-refractivity contribution in [3.05, 3.63) is 58.7 Å². The molecule has 4 atom stereocenters. The first-order chi connectivity index (χ1) is 14.9. The number of fused-ring (bicyclic) bond motifs is 1. The van der Waals surface area contributed by atoms with Gasteiger partial charge in [0.1, 0.15) is 24.2 Å². The molecule has 1 saturated carbocycles. The van der Waals surface area contributed by atoms with Gasteiger partial charge in [0.25, 0.3) is 0 Å². The van der Waals surface area contributed by atoms with E-state index in [9.17, 15) is 9.59 Å². The van der Waals surface area contributed by atoms with Gasteiger partial charge in [0.05, 0.1) is 12.2 Å². The maximum atomic E-state index is 13.0. The first kappa shape index (κ1) is 21.6. The van der Waals surface area contributed by atoms with E-state index >= 15 is 0 Å². The predicted molar refractivity (Wildman–Crippen MR) is 118 cm³/mol. The first-order valence-electron chi connectivity index (χ1n) is 11.2. The molecular formula is C26H30O5. The van der Waals surface area contributed by atoms with Crippen LogP contribution in [0.1, 0.15) is 77.8 Å². The zero-order chi connectivity index (χ0) is 22.1. The second-order valence-electron chi connectivity index (χ2n) is 8.76. The minimum absolute atomic E-state index is 0.0152. The van der Waals surface area contributed by atoms with Crippen molar-refractivity contribution in [1.29, 1.82) is 0 Å². The molecular weight excluding hydrogens is 392 g/mol. The molecule has 4 rings (SSSR count). The van der Waals surface area contributed by atoms with Crippen molar-refractivity contribution in [3.63, 3.8) is 0 Å². The topological polar surface area (TPSA) is 72.8 Å². The third-order valence-corrected chi connectivity index (χ3v) is 6.47. The van der Waals surface area contributed by atoms with E-state index in [2.05, 4.69) is 6.92 Å². The van der Waals surface area contributed by atoms with Gasteiger partial charge >= 0.3 is 0 Å². The van der Waals surface area contributed by atoms with Crippen LogP contribution < -0.4 is 9.47 Å². The molecule has 1 fully saturated rings. The number of ether oxygens (including phenoxy) is 2. The molecule has 1 heterocycles. The molecule has 2 aromatic carbocycles. The van der Waals surface area contributed by atoms with Gasteiger partial charge in [-0.3, -0.25) is 9.59 Å². The van der Waals surface area contributed by atoms with E-state index in [1.807, 2.05) is 44.2 Å². The summed E-state index contributed by atoms with van der Waals surface area (Å²) in [5.41, 5.74) is 2.99. The molecule has 0 bridgehead atoms. The largest absolute Gasteiger partial charge is 0.491 e. The van der Waals surface area contributed by atoms with E-state index in [1.54, 1.807) is 6.07 Å². The van der Waals surface area contributed by atoms with Crippen molar-refractivity contribution in [2.24, 2.45) is 11.8 Å². The lowest BCUT2D eigenvalue weighted by atomic mass is 9.85. The molecule has 5 nitrogen and oxygen atoms in total. The summed E-state index contributed by atoms with van der Waals surface area (Å²) < 4.78 is 11.8. The highest BCUT2D eigenvalue weighted by Gasteiger charge is 2.38.